The van der Waals surface area contributed by atoms with Crippen LogP contribution in [0, 0.1) is 11.6 Å². The van der Waals surface area contributed by atoms with Gasteiger partial charge in [-0.05, 0) is 36.4 Å². The van der Waals surface area contributed by atoms with Crippen LogP contribution >= 0.6 is 0 Å². The highest BCUT2D eigenvalue weighted by Crippen LogP contribution is 2.22. The van der Waals surface area contributed by atoms with Crippen LogP contribution in [0.25, 0.3) is 0 Å². The van der Waals surface area contributed by atoms with Gasteiger partial charge >= 0.3 is 0 Å². The Morgan fingerprint density at radius 3 is 2.08 bits per heavy atom. The van der Waals surface area contributed by atoms with E-state index in [1.807, 2.05) is 4.90 Å². The molecule has 5 nitrogen and oxygen atoms in total. The summed E-state index contributed by atoms with van der Waals surface area (Å²) in [7, 11) is -2.08. The Bertz CT molecular complexity index is 844. The van der Waals surface area contributed by atoms with E-state index in [4.69, 9.17) is 4.74 Å². The summed E-state index contributed by atoms with van der Waals surface area (Å²) in [6, 6.07) is 10.00. The van der Waals surface area contributed by atoms with E-state index in [1.165, 1.54) is 41.7 Å². The molecule has 0 saturated carbocycles. The van der Waals surface area contributed by atoms with Crippen molar-refractivity contribution in [3.8, 4) is 5.75 Å². The average molecular weight is 382 g/mol. The van der Waals surface area contributed by atoms with E-state index in [0.29, 0.717) is 18.8 Å². The quantitative estimate of drug-likeness (QED) is 0.797. The van der Waals surface area contributed by atoms with Crippen LogP contribution < -0.4 is 4.74 Å². The van der Waals surface area contributed by atoms with E-state index in [9.17, 15) is 17.2 Å². The molecule has 140 valence electrons. The minimum Gasteiger partial charge on any atom is -0.497 e. The van der Waals surface area contributed by atoms with Crippen LogP contribution in [0.15, 0.2) is 47.4 Å². The molecule has 8 heteroatoms. The van der Waals surface area contributed by atoms with Gasteiger partial charge in [-0.3, -0.25) is 4.90 Å². The van der Waals surface area contributed by atoms with Gasteiger partial charge in [0.05, 0.1) is 12.0 Å². The van der Waals surface area contributed by atoms with Crippen LogP contribution in [0.5, 0.6) is 5.75 Å². The van der Waals surface area contributed by atoms with Crippen molar-refractivity contribution in [2.24, 2.45) is 0 Å². The molecule has 26 heavy (non-hydrogen) atoms. The van der Waals surface area contributed by atoms with Crippen LogP contribution in [0.4, 0.5) is 8.78 Å². The number of benzene rings is 2. The Kier molecular flexibility index (Phi) is 5.55. The number of hydrogen-bond donors (Lipinski definition) is 0. The van der Waals surface area contributed by atoms with Crippen molar-refractivity contribution >= 4 is 10.0 Å². The van der Waals surface area contributed by atoms with Gasteiger partial charge in [0.25, 0.3) is 0 Å². The third-order valence-electron chi connectivity index (χ3n) is 4.47. The van der Waals surface area contributed by atoms with Crippen molar-refractivity contribution in [3.05, 3.63) is 59.7 Å². The first-order valence-corrected chi connectivity index (χ1v) is 9.65. The van der Waals surface area contributed by atoms with E-state index < -0.39 is 21.7 Å². The normalized spacial score (nSPS) is 16.6. The molecule has 3 rings (SSSR count). The summed E-state index contributed by atoms with van der Waals surface area (Å²) in [5.74, 6) is -0.586. The largest absolute Gasteiger partial charge is 0.497 e. The van der Waals surface area contributed by atoms with Gasteiger partial charge in [0.2, 0.25) is 10.0 Å². The summed E-state index contributed by atoms with van der Waals surface area (Å²) in [6.45, 7) is 1.47. The van der Waals surface area contributed by atoms with Gasteiger partial charge in [0.1, 0.15) is 17.4 Å². The van der Waals surface area contributed by atoms with Gasteiger partial charge in [0.15, 0.2) is 0 Å². The lowest BCUT2D eigenvalue weighted by atomic mass is 10.1. The van der Waals surface area contributed by atoms with Crippen LogP contribution in [0.2, 0.25) is 0 Å². The van der Waals surface area contributed by atoms with Crippen molar-refractivity contribution in [2.45, 2.75) is 11.4 Å². The van der Waals surface area contributed by atoms with Crippen LogP contribution in [0.1, 0.15) is 5.56 Å². The van der Waals surface area contributed by atoms with Crippen LogP contribution in [0.3, 0.4) is 0 Å². The molecule has 0 amide bonds. The first-order valence-electron chi connectivity index (χ1n) is 8.21. The highest BCUT2D eigenvalue weighted by molar-refractivity contribution is 7.89. The number of hydrogen-bond acceptors (Lipinski definition) is 4. The molecule has 2 aromatic rings. The monoisotopic (exact) mass is 382 g/mol. The van der Waals surface area contributed by atoms with Gasteiger partial charge < -0.3 is 4.74 Å². The minimum absolute atomic E-state index is 0.0129. The highest BCUT2D eigenvalue weighted by Gasteiger charge is 2.29. The maximum absolute atomic E-state index is 13.8. The number of nitrogens with zero attached hydrogens (tertiary/aromatic N) is 2. The fourth-order valence-electron chi connectivity index (χ4n) is 2.93. The highest BCUT2D eigenvalue weighted by atomic mass is 32.2. The maximum atomic E-state index is 13.8. The lowest BCUT2D eigenvalue weighted by molar-refractivity contribution is 0.178. The summed E-state index contributed by atoms with van der Waals surface area (Å²) in [4.78, 5) is 2.05. The second-order valence-corrected chi connectivity index (χ2v) is 7.99. The van der Waals surface area contributed by atoms with Crippen molar-refractivity contribution in [1.29, 1.82) is 0 Å². The Labute approximate surface area is 151 Å². The Balaban J connectivity index is 1.65. The van der Waals surface area contributed by atoms with Gasteiger partial charge in [-0.2, -0.15) is 4.31 Å². The van der Waals surface area contributed by atoms with Gasteiger partial charge in [-0.25, -0.2) is 17.2 Å². The Hall–Kier alpha value is -2.03. The Morgan fingerprint density at radius 1 is 0.962 bits per heavy atom. The number of sulfonamides is 1. The lowest BCUT2D eigenvalue weighted by Gasteiger charge is -2.34. The lowest BCUT2D eigenvalue weighted by Crippen LogP contribution is -2.48. The molecule has 0 aliphatic carbocycles. The minimum atomic E-state index is -3.60. The zero-order valence-corrected chi connectivity index (χ0v) is 15.2. The standard InChI is InChI=1S/C18H20F2N2O3S/c1-25-14-5-7-15(8-6-14)26(23,24)22-11-9-21(10-12-22)13-16-17(19)3-2-4-18(16)20/h2-8H,9-13H2,1H3. The smallest absolute Gasteiger partial charge is 0.243 e. The topological polar surface area (TPSA) is 49.9 Å². The average Bonchev–Trinajstić information content (AvgIpc) is 2.65. The molecule has 0 radical (unpaired) electrons. The molecular weight excluding hydrogens is 362 g/mol. The number of rotatable bonds is 5. The molecule has 0 bridgehead atoms. The molecule has 1 fully saturated rings. The zero-order chi connectivity index (χ0) is 18.7. The van der Waals surface area contributed by atoms with E-state index in [0.717, 1.165) is 0 Å². The summed E-state index contributed by atoms with van der Waals surface area (Å²) in [5.41, 5.74) is 0.0129. The fourth-order valence-corrected chi connectivity index (χ4v) is 4.35. The third-order valence-corrected chi connectivity index (χ3v) is 6.38. The summed E-state index contributed by atoms with van der Waals surface area (Å²) < 4.78 is 59.4. The van der Waals surface area contributed by atoms with E-state index >= 15 is 0 Å². The zero-order valence-electron chi connectivity index (χ0n) is 14.4. The van der Waals surface area contributed by atoms with E-state index in [-0.39, 0.29) is 30.1 Å². The molecule has 1 saturated heterocycles. The fraction of sp³-hybridized carbons (Fsp3) is 0.333. The SMILES string of the molecule is COc1ccc(S(=O)(=O)N2CCN(Cc3c(F)cccc3F)CC2)cc1. The first-order chi connectivity index (χ1) is 12.4. The molecule has 1 aliphatic heterocycles. The van der Waals surface area contributed by atoms with Gasteiger partial charge in [-0.1, -0.05) is 6.07 Å². The molecule has 0 N–H and O–H groups in total. The molecule has 0 aromatic heterocycles. The first kappa shape index (κ1) is 18.8. The van der Waals surface area contributed by atoms with Crippen molar-refractivity contribution in [2.75, 3.05) is 33.3 Å². The number of piperazine rings is 1. The number of ether oxygens (including phenoxy) is 1. The Morgan fingerprint density at radius 2 is 1.54 bits per heavy atom. The van der Waals surface area contributed by atoms with Crippen molar-refractivity contribution < 1.29 is 21.9 Å². The van der Waals surface area contributed by atoms with Crippen molar-refractivity contribution in [1.82, 2.24) is 9.21 Å². The molecule has 0 unspecified atom stereocenters. The van der Waals surface area contributed by atoms with E-state index in [1.54, 1.807) is 12.1 Å². The van der Waals surface area contributed by atoms with E-state index in [2.05, 4.69) is 0 Å². The molecular formula is C18H20F2N2O3S. The molecule has 1 aliphatic rings. The van der Waals surface area contributed by atoms with Gasteiger partial charge in [-0.15, -0.1) is 0 Å². The predicted octanol–water partition coefficient (Wildman–Crippen LogP) is 2.48. The third kappa shape index (κ3) is 3.87. The second-order valence-electron chi connectivity index (χ2n) is 6.06. The molecule has 2 aromatic carbocycles. The molecule has 0 spiro atoms. The molecule has 1 heterocycles. The molecule has 0 atom stereocenters. The van der Waals surface area contributed by atoms with Crippen LogP contribution in [-0.4, -0.2) is 50.9 Å². The predicted molar refractivity (Wildman–Crippen MR) is 93.4 cm³/mol. The summed E-state index contributed by atoms with van der Waals surface area (Å²) in [6.07, 6.45) is 0. The maximum Gasteiger partial charge on any atom is 0.243 e. The van der Waals surface area contributed by atoms with Crippen molar-refractivity contribution in [3.63, 3.8) is 0 Å². The number of halogens is 2. The van der Waals surface area contributed by atoms with Gasteiger partial charge in [0, 0.05) is 38.3 Å². The summed E-state index contributed by atoms with van der Waals surface area (Å²) in [5, 5.41) is 0. The number of methoxy groups -OCH3 is 1. The van der Waals surface area contributed by atoms with Crippen LogP contribution in [-0.2, 0) is 16.6 Å². The summed E-state index contributed by atoms with van der Waals surface area (Å²) >= 11 is 0. The second kappa shape index (κ2) is 7.69.